The minimum atomic E-state index is 0.295. The van der Waals surface area contributed by atoms with Crippen molar-refractivity contribution < 1.29 is 4.52 Å². The molecule has 0 saturated carbocycles. The topological polar surface area (TPSA) is 64.9 Å². The lowest BCUT2D eigenvalue weighted by Crippen LogP contribution is -1.96. The van der Waals surface area contributed by atoms with Gasteiger partial charge in [0.05, 0.1) is 12.3 Å². The normalized spacial score (nSPS) is 10.5. The molecule has 4 nitrogen and oxygen atoms in total. The Labute approximate surface area is 91.9 Å². The first kappa shape index (κ1) is 10.2. The fourth-order valence-electron chi connectivity index (χ4n) is 1.10. The Hall–Kier alpha value is -1.33. The first-order chi connectivity index (χ1) is 7.38. The number of rotatable bonds is 4. The predicted octanol–water partition coefficient (Wildman–Crippen LogP) is 1.82. The molecule has 0 unspecified atom stereocenters. The molecule has 0 aliphatic heterocycles. The van der Waals surface area contributed by atoms with E-state index in [2.05, 4.69) is 22.3 Å². The van der Waals surface area contributed by atoms with Crippen LogP contribution in [0.5, 0.6) is 0 Å². The summed E-state index contributed by atoms with van der Waals surface area (Å²) in [7, 11) is 0. The van der Waals surface area contributed by atoms with Crippen LogP contribution in [0.1, 0.15) is 11.7 Å². The molecule has 1 heterocycles. The molecule has 0 amide bonds. The van der Waals surface area contributed by atoms with Crippen LogP contribution in [0.15, 0.2) is 39.8 Å². The Morgan fingerprint density at radius 3 is 2.73 bits per heavy atom. The maximum atomic E-state index is 5.37. The standard InChI is InChI=1S/C10H11N3OS/c11-6-10-12-9(13-14-10)7-15-8-4-2-1-3-5-8/h1-5H,6-7,11H2. The third-order valence-corrected chi connectivity index (χ3v) is 2.80. The summed E-state index contributed by atoms with van der Waals surface area (Å²) in [5.41, 5.74) is 5.37. The Morgan fingerprint density at radius 1 is 1.27 bits per heavy atom. The largest absolute Gasteiger partial charge is 0.338 e. The molecule has 1 aromatic carbocycles. The summed E-state index contributed by atoms with van der Waals surface area (Å²) in [5, 5.41) is 3.82. The lowest BCUT2D eigenvalue weighted by atomic mass is 10.4. The molecule has 5 heteroatoms. The SMILES string of the molecule is NCc1nc(CSc2ccccc2)no1. The van der Waals surface area contributed by atoms with Gasteiger partial charge in [-0.05, 0) is 12.1 Å². The maximum absolute atomic E-state index is 5.37. The zero-order valence-corrected chi connectivity index (χ0v) is 8.91. The summed E-state index contributed by atoms with van der Waals surface area (Å²) >= 11 is 1.67. The molecule has 2 N–H and O–H groups in total. The van der Waals surface area contributed by atoms with Gasteiger partial charge in [0.2, 0.25) is 5.89 Å². The van der Waals surface area contributed by atoms with Crippen LogP contribution in [-0.2, 0) is 12.3 Å². The fourth-order valence-corrected chi connectivity index (χ4v) is 1.86. The molecule has 0 spiro atoms. The van der Waals surface area contributed by atoms with Crippen molar-refractivity contribution in [3.8, 4) is 0 Å². The molecular weight excluding hydrogens is 210 g/mol. The third-order valence-electron chi connectivity index (χ3n) is 1.80. The van der Waals surface area contributed by atoms with Gasteiger partial charge in [0.1, 0.15) is 0 Å². The molecule has 0 radical (unpaired) electrons. The van der Waals surface area contributed by atoms with Gasteiger partial charge < -0.3 is 10.3 Å². The minimum Gasteiger partial charge on any atom is -0.338 e. The molecule has 1 aromatic heterocycles. The van der Waals surface area contributed by atoms with E-state index in [0.29, 0.717) is 24.0 Å². The Morgan fingerprint density at radius 2 is 2.07 bits per heavy atom. The van der Waals surface area contributed by atoms with E-state index in [-0.39, 0.29) is 0 Å². The number of aromatic nitrogens is 2. The van der Waals surface area contributed by atoms with E-state index in [1.54, 1.807) is 11.8 Å². The fraction of sp³-hybridized carbons (Fsp3) is 0.200. The monoisotopic (exact) mass is 221 g/mol. The van der Waals surface area contributed by atoms with Crippen LogP contribution in [0, 0.1) is 0 Å². The van der Waals surface area contributed by atoms with Gasteiger partial charge in [-0.15, -0.1) is 11.8 Å². The second-order valence-electron chi connectivity index (χ2n) is 2.91. The predicted molar refractivity (Wildman–Crippen MR) is 58.2 cm³/mol. The first-order valence-electron chi connectivity index (χ1n) is 4.58. The van der Waals surface area contributed by atoms with Crippen molar-refractivity contribution in [3.63, 3.8) is 0 Å². The van der Waals surface area contributed by atoms with E-state index >= 15 is 0 Å². The van der Waals surface area contributed by atoms with Gasteiger partial charge in [0.25, 0.3) is 0 Å². The van der Waals surface area contributed by atoms with Crippen molar-refractivity contribution in [1.82, 2.24) is 10.1 Å². The zero-order valence-electron chi connectivity index (χ0n) is 8.09. The van der Waals surface area contributed by atoms with E-state index in [4.69, 9.17) is 10.3 Å². The van der Waals surface area contributed by atoms with Crippen molar-refractivity contribution in [1.29, 1.82) is 0 Å². The van der Waals surface area contributed by atoms with Crippen molar-refractivity contribution in [2.45, 2.75) is 17.2 Å². The van der Waals surface area contributed by atoms with E-state index in [1.165, 1.54) is 4.90 Å². The summed E-state index contributed by atoms with van der Waals surface area (Å²) < 4.78 is 4.90. The molecule has 2 rings (SSSR count). The summed E-state index contributed by atoms with van der Waals surface area (Å²) in [6.07, 6.45) is 0. The van der Waals surface area contributed by atoms with Crippen LogP contribution in [0.4, 0.5) is 0 Å². The average molecular weight is 221 g/mol. The molecule has 0 aliphatic carbocycles. The second-order valence-corrected chi connectivity index (χ2v) is 3.96. The van der Waals surface area contributed by atoms with Crippen LogP contribution < -0.4 is 5.73 Å². The van der Waals surface area contributed by atoms with E-state index < -0.39 is 0 Å². The van der Waals surface area contributed by atoms with Gasteiger partial charge in [-0.1, -0.05) is 23.4 Å². The summed E-state index contributed by atoms with van der Waals surface area (Å²) in [5.74, 6) is 1.87. The molecule has 0 atom stereocenters. The van der Waals surface area contributed by atoms with E-state index in [0.717, 1.165) is 0 Å². The van der Waals surface area contributed by atoms with Gasteiger partial charge in [-0.2, -0.15) is 4.98 Å². The van der Waals surface area contributed by atoms with Crippen LogP contribution in [-0.4, -0.2) is 10.1 Å². The minimum absolute atomic E-state index is 0.295. The lowest BCUT2D eigenvalue weighted by Gasteiger charge is -1.96. The summed E-state index contributed by atoms with van der Waals surface area (Å²) in [4.78, 5) is 5.31. The molecule has 0 fully saturated rings. The highest BCUT2D eigenvalue weighted by Crippen LogP contribution is 2.20. The van der Waals surface area contributed by atoms with Crippen LogP contribution in [0.3, 0.4) is 0 Å². The van der Waals surface area contributed by atoms with Crippen LogP contribution in [0.25, 0.3) is 0 Å². The Bertz CT molecular complexity index is 416. The van der Waals surface area contributed by atoms with Crippen molar-refractivity contribution in [2.24, 2.45) is 5.73 Å². The van der Waals surface area contributed by atoms with Gasteiger partial charge in [0, 0.05) is 4.90 Å². The van der Waals surface area contributed by atoms with Gasteiger partial charge in [-0.3, -0.25) is 0 Å². The van der Waals surface area contributed by atoms with Crippen molar-refractivity contribution in [3.05, 3.63) is 42.0 Å². The molecule has 2 aromatic rings. The number of nitrogens with zero attached hydrogens (tertiary/aromatic N) is 2. The third kappa shape index (κ3) is 2.81. The number of nitrogens with two attached hydrogens (primary N) is 1. The molecule has 15 heavy (non-hydrogen) atoms. The number of benzene rings is 1. The van der Waals surface area contributed by atoms with E-state index in [9.17, 15) is 0 Å². The summed E-state index contributed by atoms with van der Waals surface area (Å²) in [6.45, 7) is 0.295. The van der Waals surface area contributed by atoms with Gasteiger partial charge in [0.15, 0.2) is 5.82 Å². The highest BCUT2D eigenvalue weighted by molar-refractivity contribution is 7.98. The average Bonchev–Trinajstić information content (AvgIpc) is 2.76. The quantitative estimate of drug-likeness (QED) is 0.798. The highest BCUT2D eigenvalue weighted by atomic mass is 32.2. The lowest BCUT2D eigenvalue weighted by molar-refractivity contribution is 0.376. The van der Waals surface area contributed by atoms with Crippen molar-refractivity contribution >= 4 is 11.8 Å². The maximum Gasteiger partial charge on any atom is 0.240 e. The van der Waals surface area contributed by atoms with Gasteiger partial charge in [-0.25, -0.2) is 0 Å². The second kappa shape index (κ2) is 4.95. The Balaban J connectivity index is 1.93. The van der Waals surface area contributed by atoms with E-state index in [1.807, 2.05) is 18.2 Å². The first-order valence-corrected chi connectivity index (χ1v) is 5.56. The van der Waals surface area contributed by atoms with Crippen molar-refractivity contribution in [2.75, 3.05) is 0 Å². The Kier molecular flexibility index (Phi) is 3.37. The molecular formula is C10H11N3OS. The molecule has 78 valence electrons. The molecule has 0 bridgehead atoms. The highest BCUT2D eigenvalue weighted by Gasteiger charge is 2.04. The summed E-state index contributed by atoms with van der Waals surface area (Å²) in [6, 6.07) is 10.1. The number of thioether (sulfide) groups is 1. The molecule has 0 saturated heterocycles. The van der Waals surface area contributed by atoms with Crippen LogP contribution in [0.2, 0.25) is 0 Å². The number of hydrogen-bond donors (Lipinski definition) is 1. The smallest absolute Gasteiger partial charge is 0.240 e. The number of hydrogen-bond acceptors (Lipinski definition) is 5. The van der Waals surface area contributed by atoms with Gasteiger partial charge >= 0.3 is 0 Å². The van der Waals surface area contributed by atoms with Crippen LogP contribution >= 0.6 is 11.8 Å². The zero-order chi connectivity index (χ0) is 10.5. The molecule has 0 aliphatic rings.